The molecule has 0 bridgehead atoms. The van der Waals surface area contributed by atoms with Crippen molar-refractivity contribution in [2.24, 2.45) is 0 Å². The van der Waals surface area contributed by atoms with Gasteiger partial charge in [0, 0.05) is 18.4 Å². The van der Waals surface area contributed by atoms with Gasteiger partial charge in [-0.3, -0.25) is 4.90 Å². The first-order chi connectivity index (χ1) is 8.40. The number of fused-ring (bicyclic) bond motifs is 1. The minimum absolute atomic E-state index is 0.0986. The van der Waals surface area contributed by atoms with Crippen LogP contribution in [-0.4, -0.2) is 18.9 Å². The van der Waals surface area contributed by atoms with Gasteiger partial charge in [0.15, 0.2) is 12.3 Å². The third-order valence-corrected chi connectivity index (χ3v) is 3.96. The third-order valence-electron chi connectivity index (χ3n) is 3.96. The van der Waals surface area contributed by atoms with E-state index in [1.165, 1.54) is 10.5 Å². The lowest BCUT2D eigenvalue weighted by Gasteiger charge is -2.32. The molecule has 1 N–H and O–H groups in total. The van der Waals surface area contributed by atoms with Gasteiger partial charge in [0.05, 0.1) is 0 Å². The lowest BCUT2D eigenvalue weighted by molar-refractivity contribution is -0.973. The molecule has 2 heterocycles. The molecule has 0 saturated carbocycles. The second kappa shape index (κ2) is 4.48. The highest BCUT2D eigenvalue weighted by molar-refractivity contribution is 5.18. The Morgan fingerprint density at radius 3 is 2.82 bits per heavy atom. The molecule has 0 radical (unpaired) electrons. The molecule has 2 aliphatic heterocycles. The average molecular weight is 229 g/mol. The van der Waals surface area contributed by atoms with Gasteiger partial charge < -0.3 is 4.74 Å². The Morgan fingerprint density at radius 1 is 1.24 bits per heavy atom. The van der Waals surface area contributed by atoms with Crippen molar-refractivity contribution in [1.29, 1.82) is 5.26 Å². The van der Waals surface area contributed by atoms with Crippen LogP contribution in [0.5, 0.6) is 0 Å². The lowest BCUT2D eigenvalue weighted by Crippen LogP contribution is -3.18. The molecule has 0 spiro atoms. The molecule has 1 aromatic rings. The van der Waals surface area contributed by atoms with Crippen LogP contribution in [0.4, 0.5) is 0 Å². The smallest absolute Gasteiger partial charge is 0.193 e. The molecular weight excluding hydrogens is 212 g/mol. The standard InChI is InChI=1S/C14H16N2O/c15-9-12-7-4-8-14-16(12)13(10-17-14)11-5-2-1-3-6-11/h1-3,5-6,12-14H,4,7-8,10H2/p+1/t12-,13+,14-/m0/s1. The summed E-state index contributed by atoms with van der Waals surface area (Å²) in [6.07, 6.45) is 3.46. The van der Waals surface area contributed by atoms with E-state index >= 15 is 0 Å². The molecule has 2 fully saturated rings. The van der Waals surface area contributed by atoms with Crippen molar-refractivity contribution in [2.45, 2.75) is 37.6 Å². The van der Waals surface area contributed by atoms with E-state index in [0.29, 0.717) is 6.04 Å². The average Bonchev–Trinajstić information content (AvgIpc) is 2.83. The van der Waals surface area contributed by atoms with Gasteiger partial charge >= 0.3 is 0 Å². The van der Waals surface area contributed by atoms with Crippen LogP contribution in [0.25, 0.3) is 0 Å². The first kappa shape index (κ1) is 10.8. The van der Waals surface area contributed by atoms with E-state index in [-0.39, 0.29) is 12.3 Å². The highest BCUT2D eigenvalue weighted by Gasteiger charge is 2.46. The summed E-state index contributed by atoms with van der Waals surface area (Å²) < 4.78 is 5.87. The number of quaternary nitrogens is 1. The van der Waals surface area contributed by atoms with E-state index in [0.717, 1.165) is 25.9 Å². The summed E-state index contributed by atoms with van der Waals surface area (Å²) in [6.45, 7) is 0.752. The van der Waals surface area contributed by atoms with E-state index in [1.807, 2.05) is 6.07 Å². The SMILES string of the molecule is N#C[C@@H]1CCC[C@@H]2OC[C@H](c3ccccc3)[NH+]12. The summed E-state index contributed by atoms with van der Waals surface area (Å²) in [5.74, 6) is 0. The third kappa shape index (κ3) is 1.84. The molecule has 3 nitrogen and oxygen atoms in total. The number of ether oxygens (including phenoxy) is 1. The molecule has 0 amide bonds. The van der Waals surface area contributed by atoms with Crippen LogP contribution in [0.2, 0.25) is 0 Å². The molecule has 3 rings (SSSR count). The van der Waals surface area contributed by atoms with Crippen molar-refractivity contribution < 1.29 is 9.64 Å². The number of benzene rings is 1. The molecule has 0 aromatic heterocycles. The van der Waals surface area contributed by atoms with Gasteiger partial charge in [0.1, 0.15) is 18.7 Å². The van der Waals surface area contributed by atoms with Crippen molar-refractivity contribution >= 4 is 0 Å². The zero-order valence-electron chi connectivity index (χ0n) is 9.80. The van der Waals surface area contributed by atoms with Crippen LogP contribution in [-0.2, 0) is 4.74 Å². The first-order valence-electron chi connectivity index (χ1n) is 6.33. The normalized spacial score (nSPS) is 36.2. The van der Waals surface area contributed by atoms with Gasteiger partial charge in [-0.1, -0.05) is 30.3 Å². The quantitative estimate of drug-likeness (QED) is 0.781. The van der Waals surface area contributed by atoms with Crippen molar-refractivity contribution in [3.05, 3.63) is 35.9 Å². The Morgan fingerprint density at radius 2 is 2.06 bits per heavy atom. The molecule has 2 aliphatic rings. The topological polar surface area (TPSA) is 37.5 Å². The van der Waals surface area contributed by atoms with Crippen molar-refractivity contribution in [1.82, 2.24) is 0 Å². The van der Waals surface area contributed by atoms with Crippen LogP contribution in [0.1, 0.15) is 30.9 Å². The Kier molecular flexibility index (Phi) is 2.84. The van der Waals surface area contributed by atoms with Gasteiger partial charge in [-0.15, -0.1) is 0 Å². The zero-order valence-corrected chi connectivity index (χ0v) is 9.80. The molecule has 3 heteroatoms. The Labute approximate surface area is 102 Å². The monoisotopic (exact) mass is 229 g/mol. The molecule has 88 valence electrons. The van der Waals surface area contributed by atoms with E-state index in [2.05, 4.69) is 30.3 Å². The fourth-order valence-corrected chi connectivity index (χ4v) is 3.13. The minimum atomic E-state index is 0.0986. The number of nitrogens with one attached hydrogen (secondary N) is 1. The molecule has 2 saturated heterocycles. The summed E-state index contributed by atoms with van der Waals surface area (Å²) in [5.41, 5.74) is 1.30. The number of nitrogens with zero attached hydrogens (tertiary/aromatic N) is 1. The van der Waals surface area contributed by atoms with Crippen LogP contribution < -0.4 is 4.90 Å². The second-order valence-electron chi connectivity index (χ2n) is 4.90. The Bertz CT molecular complexity index is 426. The van der Waals surface area contributed by atoms with Gasteiger partial charge in [-0.25, -0.2) is 0 Å². The van der Waals surface area contributed by atoms with Crippen molar-refractivity contribution in [3.63, 3.8) is 0 Å². The van der Waals surface area contributed by atoms with E-state index < -0.39 is 0 Å². The number of hydrogen-bond acceptors (Lipinski definition) is 2. The zero-order chi connectivity index (χ0) is 11.7. The summed E-state index contributed by atoms with van der Waals surface area (Å²) in [6, 6.07) is 13.3. The summed E-state index contributed by atoms with van der Waals surface area (Å²) >= 11 is 0. The van der Waals surface area contributed by atoms with Crippen LogP contribution in [0.15, 0.2) is 30.3 Å². The highest BCUT2D eigenvalue weighted by atomic mass is 16.5. The Hall–Kier alpha value is -1.37. The molecule has 4 atom stereocenters. The van der Waals surface area contributed by atoms with Crippen molar-refractivity contribution in [3.8, 4) is 6.07 Å². The Balaban J connectivity index is 1.89. The highest BCUT2D eigenvalue weighted by Crippen LogP contribution is 2.22. The van der Waals surface area contributed by atoms with Crippen LogP contribution in [0.3, 0.4) is 0 Å². The van der Waals surface area contributed by atoms with Crippen LogP contribution >= 0.6 is 0 Å². The lowest BCUT2D eigenvalue weighted by atomic mass is 9.98. The van der Waals surface area contributed by atoms with Gasteiger partial charge in [0.2, 0.25) is 0 Å². The maximum Gasteiger partial charge on any atom is 0.193 e. The van der Waals surface area contributed by atoms with E-state index in [1.54, 1.807) is 0 Å². The van der Waals surface area contributed by atoms with Gasteiger partial charge in [-0.2, -0.15) is 5.26 Å². The fourth-order valence-electron chi connectivity index (χ4n) is 3.13. The molecule has 1 unspecified atom stereocenters. The molecule has 17 heavy (non-hydrogen) atoms. The number of nitriles is 1. The summed E-state index contributed by atoms with van der Waals surface area (Å²) in [5, 5.41) is 9.28. The minimum Gasteiger partial charge on any atom is -0.323 e. The fraction of sp³-hybridized carbons (Fsp3) is 0.500. The number of piperidine rings is 1. The molecular formula is C14H17N2O+. The van der Waals surface area contributed by atoms with E-state index in [9.17, 15) is 5.26 Å². The summed E-state index contributed by atoms with van der Waals surface area (Å²) in [4.78, 5) is 1.34. The second-order valence-corrected chi connectivity index (χ2v) is 4.90. The maximum atomic E-state index is 9.28. The van der Waals surface area contributed by atoms with Crippen molar-refractivity contribution in [2.75, 3.05) is 6.61 Å². The number of hydrogen-bond donors (Lipinski definition) is 1. The van der Waals surface area contributed by atoms with Gasteiger partial charge in [0.25, 0.3) is 0 Å². The van der Waals surface area contributed by atoms with E-state index in [4.69, 9.17) is 4.74 Å². The largest absolute Gasteiger partial charge is 0.323 e. The first-order valence-corrected chi connectivity index (χ1v) is 6.33. The molecule has 1 aromatic carbocycles. The van der Waals surface area contributed by atoms with Gasteiger partial charge in [-0.05, 0) is 6.42 Å². The summed E-state index contributed by atoms with van der Waals surface area (Å²) in [7, 11) is 0. The molecule has 0 aliphatic carbocycles. The number of rotatable bonds is 1. The van der Waals surface area contributed by atoms with Crippen LogP contribution in [0, 0.1) is 11.3 Å². The maximum absolute atomic E-state index is 9.28. The predicted octanol–water partition coefficient (Wildman–Crippen LogP) is 1.04. The predicted molar refractivity (Wildman–Crippen MR) is 63.1 cm³/mol.